The number of ether oxygens (including phenoxy) is 2. The van der Waals surface area contributed by atoms with E-state index in [1.807, 2.05) is 0 Å². The largest absolute Gasteiger partial charge is 0.495 e. The molecular weight excluding hydrogens is 492 g/mol. The topological polar surface area (TPSA) is 128 Å². The third-order valence-corrected chi connectivity index (χ3v) is 7.75. The molecule has 2 aromatic rings. The van der Waals surface area contributed by atoms with Gasteiger partial charge in [0, 0.05) is 10.0 Å². The first-order chi connectivity index (χ1) is 14.6. The zero-order chi connectivity index (χ0) is 22.5. The van der Waals surface area contributed by atoms with Crippen molar-refractivity contribution in [3.63, 3.8) is 0 Å². The number of aliphatic carboxylic acids is 1. The molecule has 164 valence electrons. The molecule has 1 saturated heterocycles. The Morgan fingerprint density at radius 2 is 2.06 bits per heavy atom. The summed E-state index contributed by atoms with van der Waals surface area (Å²) < 4.78 is 44.1. The lowest BCUT2D eigenvalue weighted by molar-refractivity contribution is -0.147. The van der Waals surface area contributed by atoms with Crippen LogP contribution in [-0.4, -0.2) is 49.3 Å². The first kappa shape index (κ1) is 21.6. The van der Waals surface area contributed by atoms with E-state index < -0.39 is 33.3 Å². The molecule has 1 aliphatic carbocycles. The van der Waals surface area contributed by atoms with Crippen LogP contribution in [0.1, 0.15) is 17.0 Å². The smallest absolute Gasteiger partial charge is 0.360 e. The van der Waals surface area contributed by atoms with Crippen molar-refractivity contribution in [2.75, 3.05) is 7.11 Å². The summed E-state index contributed by atoms with van der Waals surface area (Å²) in [6, 6.07) is 3.79. The molecule has 0 spiro atoms. The number of fused-ring (bicyclic) bond motifs is 1. The summed E-state index contributed by atoms with van der Waals surface area (Å²) in [4.78, 5) is 11.5. The lowest BCUT2D eigenvalue weighted by Crippen LogP contribution is -2.45. The molecule has 1 aromatic carbocycles. The highest BCUT2D eigenvalue weighted by Crippen LogP contribution is 2.39. The standard InChI is InChI=1S/C20H19BrN2O7S/c1-9-17(10(2)30-23-9)11-6-14-18(22-19(29-14)20(24)25)16(7-11)31(26,27)15-8-12(21)4-5-13(15)28-3/h4-8,16,18-19,22H,1-3H3,(H,24,25). The first-order valence-electron chi connectivity index (χ1n) is 9.23. The number of aromatic nitrogens is 1. The fourth-order valence-electron chi connectivity index (χ4n) is 3.80. The molecule has 3 atom stereocenters. The predicted octanol–water partition coefficient (Wildman–Crippen LogP) is 2.59. The molecule has 0 bridgehead atoms. The number of rotatable bonds is 5. The molecule has 2 aliphatic rings. The van der Waals surface area contributed by atoms with Crippen LogP contribution in [0.3, 0.4) is 0 Å². The van der Waals surface area contributed by atoms with Crippen molar-refractivity contribution < 1.29 is 32.3 Å². The number of carbonyl (C=O) groups is 1. The lowest BCUT2D eigenvalue weighted by atomic mass is 9.95. The summed E-state index contributed by atoms with van der Waals surface area (Å²) in [5.41, 5.74) is 1.74. The van der Waals surface area contributed by atoms with E-state index in [1.54, 1.807) is 38.1 Å². The fraction of sp³-hybridized carbons (Fsp3) is 0.300. The number of benzene rings is 1. The van der Waals surface area contributed by atoms with Crippen molar-refractivity contribution >= 4 is 37.3 Å². The number of allylic oxidation sites excluding steroid dienone is 2. The molecule has 31 heavy (non-hydrogen) atoms. The van der Waals surface area contributed by atoms with Gasteiger partial charge in [0.15, 0.2) is 9.84 Å². The first-order valence-corrected chi connectivity index (χ1v) is 11.6. The van der Waals surface area contributed by atoms with Gasteiger partial charge >= 0.3 is 5.97 Å². The van der Waals surface area contributed by atoms with Crippen molar-refractivity contribution in [2.45, 2.75) is 36.3 Å². The highest BCUT2D eigenvalue weighted by molar-refractivity contribution is 9.10. The number of carboxylic acid groups (broad SMARTS) is 1. The summed E-state index contributed by atoms with van der Waals surface area (Å²) in [6.07, 6.45) is 1.82. The summed E-state index contributed by atoms with van der Waals surface area (Å²) in [5, 5.41) is 14.9. The summed E-state index contributed by atoms with van der Waals surface area (Å²) in [7, 11) is -2.65. The van der Waals surface area contributed by atoms with Crippen LogP contribution in [0, 0.1) is 13.8 Å². The van der Waals surface area contributed by atoms with E-state index in [-0.39, 0.29) is 16.4 Å². The van der Waals surface area contributed by atoms with E-state index in [1.165, 1.54) is 13.2 Å². The van der Waals surface area contributed by atoms with E-state index in [2.05, 4.69) is 26.4 Å². The highest BCUT2D eigenvalue weighted by Gasteiger charge is 2.47. The van der Waals surface area contributed by atoms with Crippen molar-refractivity contribution in [3.8, 4) is 5.75 Å². The van der Waals surface area contributed by atoms with Crippen molar-refractivity contribution in [1.29, 1.82) is 0 Å². The number of hydrogen-bond donors (Lipinski definition) is 2. The van der Waals surface area contributed by atoms with Crippen LogP contribution in [0.15, 0.2) is 50.0 Å². The maximum absolute atomic E-state index is 13.8. The molecule has 3 unspecified atom stereocenters. The number of halogens is 1. The average Bonchev–Trinajstić information content (AvgIpc) is 3.30. The van der Waals surface area contributed by atoms with Gasteiger partial charge in [0.05, 0.1) is 18.8 Å². The molecule has 1 fully saturated rings. The molecule has 0 radical (unpaired) electrons. The van der Waals surface area contributed by atoms with E-state index in [9.17, 15) is 18.3 Å². The van der Waals surface area contributed by atoms with Gasteiger partial charge in [-0.1, -0.05) is 27.2 Å². The maximum Gasteiger partial charge on any atom is 0.360 e. The summed E-state index contributed by atoms with van der Waals surface area (Å²) >= 11 is 3.30. The van der Waals surface area contributed by atoms with E-state index in [4.69, 9.17) is 14.0 Å². The highest BCUT2D eigenvalue weighted by atomic mass is 79.9. The van der Waals surface area contributed by atoms with Gasteiger partial charge in [0.25, 0.3) is 0 Å². The minimum Gasteiger partial charge on any atom is -0.495 e. The monoisotopic (exact) mass is 510 g/mol. The number of carboxylic acids is 1. The van der Waals surface area contributed by atoms with Crippen LogP contribution in [0.2, 0.25) is 0 Å². The van der Waals surface area contributed by atoms with Gasteiger partial charge in [-0.2, -0.15) is 0 Å². The van der Waals surface area contributed by atoms with Gasteiger partial charge in [-0.05, 0) is 43.7 Å². The number of aryl methyl sites for hydroxylation is 2. The van der Waals surface area contributed by atoms with Crippen LogP contribution < -0.4 is 10.1 Å². The quantitative estimate of drug-likeness (QED) is 0.623. The fourth-order valence-corrected chi connectivity index (χ4v) is 6.23. The van der Waals surface area contributed by atoms with Gasteiger partial charge in [-0.3, -0.25) is 5.32 Å². The minimum atomic E-state index is -4.04. The Bertz CT molecular complexity index is 1210. The SMILES string of the molecule is COc1ccc(Br)cc1S(=O)(=O)C1C=C(c2c(C)noc2C)C=C2OC(C(=O)O)NC21. The van der Waals surface area contributed by atoms with Crippen molar-refractivity contribution in [2.24, 2.45) is 0 Å². The van der Waals surface area contributed by atoms with Crippen LogP contribution >= 0.6 is 15.9 Å². The van der Waals surface area contributed by atoms with E-state index in [0.717, 1.165) is 0 Å². The normalized spacial score (nSPS) is 22.9. The molecule has 2 heterocycles. The Morgan fingerprint density at radius 3 is 2.68 bits per heavy atom. The third kappa shape index (κ3) is 3.66. The molecule has 0 amide bonds. The molecule has 1 aromatic heterocycles. The molecule has 11 heteroatoms. The van der Waals surface area contributed by atoms with Crippen molar-refractivity contribution in [1.82, 2.24) is 10.5 Å². The molecular formula is C20H19BrN2O7S. The van der Waals surface area contributed by atoms with Gasteiger partial charge in [0.1, 0.15) is 27.4 Å². The lowest BCUT2D eigenvalue weighted by Gasteiger charge is -2.26. The second kappa shape index (κ2) is 7.81. The molecule has 9 nitrogen and oxygen atoms in total. The van der Waals surface area contributed by atoms with Crippen LogP contribution in [-0.2, 0) is 19.4 Å². The number of methoxy groups -OCH3 is 1. The third-order valence-electron chi connectivity index (χ3n) is 5.20. The van der Waals surface area contributed by atoms with Gasteiger partial charge in [-0.25, -0.2) is 13.2 Å². The predicted molar refractivity (Wildman–Crippen MR) is 113 cm³/mol. The summed E-state index contributed by atoms with van der Waals surface area (Å²) in [6.45, 7) is 3.46. The van der Waals surface area contributed by atoms with Crippen LogP contribution in [0.4, 0.5) is 0 Å². The van der Waals surface area contributed by atoms with Crippen LogP contribution in [0.5, 0.6) is 5.75 Å². The Morgan fingerprint density at radius 1 is 1.32 bits per heavy atom. The van der Waals surface area contributed by atoms with E-state index in [0.29, 0.717) is 27.1 Å². The number of sulfone groups is 1. The Kier molecular flexibility index (Phi) is 5.44. The molecule has 4 rings (SSSR count). The summed E-state index contributed by atoms with van der Waals surface area (Å²) in [5.74, 6) is -0.339. The molecule has 0 saturated carbocycles. The van der Waals surface area contributed by atoms with Gasteiger partial charge in [-0.15, -0.1) is 0 Å². The van der Waals surface area contributed by atoms with Gasteiger partial charge < -0.3 is 19.1 Å². The zero-order valence-corrected chi connectivity index (χ0v) is 19.2. The minimum absolute atomic E-state index is 0.0226. The van der Waals surface area contributed by atoms with E-state index >= 15 is 0 Å². The van der Waals surface area contributed by atoms with Crippen molar-refractivity contribution in [3.05, 3.63) is 57.6 Å². The second-order valence-corrected chi connectivity index (χ2v) is 10.1. The zero-order valence-electron chi connectivity index (χ0n) is 16.7. The number of nitrogens with one attached hydrogen (secondary N) is 1. The van der Waals surface area contributed by atoms with Gasteiger partial charge in [0.2, 0.25) is 6.23 Å². The molecule has 2 N–H and O–H groups in total. The Labute approximate surface area is 186 Å². The van der Waals surface area contributed by atoms with Crippen LogP contribution in [0.25, 0.3) is 5.57 Å². The maximum atomic E-state index is 13.8. The molecule has 1 aliphatic heterocycles. The number of hydrogen-bond acceptors (Lipinski definition) is 8. The Balaban J connectivity index is 1.89. The average molecular weight is 511 g/mol. The number of nitrogens with zero attached hydrogens (tertiary/aromatic N) is 1. The Hall–Kier alpha value is -2.63. The second-order valence-electron chi connectivity index (χ2n) is 7.15.